The van der Waals surface area contributed by atoms with E-state index < -0.39 is 84.7 Å². The molecule has 1 saturated heterocycles. The van der Waals surface area contributed by atoms with E-state index in [2.05, 4.69) is 20.4 Å². The zero-order valence-corrected chi connectivity index (χ0v) is 23.6. The molecule has 1 aromatic rings. The molecule has 1 aliphatic rings. The number of alkyl halides is 2. The fourth-order valence-electron chi connectivity index (χ4n) is 4.13. The average molecular weight is 593 g/mol. The van der Waals surface area contributed by atoms with E-state index in [0.29, 0.717) is 0 Å². The van der Waals surface area contributed by atoms with Gasteiger partial charge in [-0.25, -0.2) is 13.9 Å². The summed E-state index contributed by atoms with van der Waals surface area (Å²) < 4.78 is 63.6. The van der Waals surface area contributed by atoms with E-state index in [0.717, 1.165) is 32.6 Å². The predicted molar refractivity (Wildman–Crippen MR) is 130 cm³/mol. The minimum atomic E-state index is -3.85. The van der Waals surface area contributed by atoms with Crippen molar-refractivity contribution in [3.63, 3.8) is 0 Å². The third kappa shape index (κ3) is 8.16. The van der Waals surface area contributed by atoms with Crippen LogP contribution in [-0.2, 0) is 59.0 Å². The highest BCUT2D eigenvalue weighted by Crippen LogP contribution is 2.42. The Kier molecular flexibility index (Phi) is 11.6. The molecule has 0 spiro atoms. The number of aromatic nitrogens is 3. The van der Waals surface area contributed by atoms with Gasteiger partial charge in [0.25, 0.3) is 0 Å². The molecule has 7 atom stereocenters. The van der Waals surface area contributed by atoms with Crippen molar-refractivity contribution >= 4 is 29.8 Å². The Balaban J connectivity index is 2.82. The quantitative estimate of drug-likeness (QED) is 0.255. The molecule has 15 nitrogen and oxygen atoms in total. The zero-order chi connectivity index (χ0) is 31.1. The monoisotopic (exact) mass is 592 g/mol. The number of nitrogens with one attached hydrogen (secondary N) is 1. The van der Waals surface area contributed by atoms with E-state index in [1.165, 1.54) is 27.2 Å². The lowest BCUT2D eigenvalue weighted by Gasteiger charge is -2.48. The number of carbonyl (C=O) groups excluding carboxylic acids is 5. The van der Waals surface area contributed by atoms with Crippen LogP contribution in [0.15, 0.2) is 6.20 Å². The number of hydrogen-bond acceptors (Lipinski definition) is 13. The normalized spacial score (nSPS) is 25.5. The molecular formula is C24H34F2N4O11. The van der Waals surface area contributed by atoms with Crippen LogP contribution in [0.3, 0.4) is 0 Å². The summed E-state index contributed by atoms with van der Waals surface area (Å²) in [7, 11) is 2.15. The second kappa shape index (κ2) is 14.2. The Morgan fingerprint density at radius 1 is 1.10 bits per heavy atom. The van der Waals surface area contributed by atoms with Gasteiger partial charge in [0, 0.05) is 33.8 Å². The van der Waals surface area contributed by atoms with Crippen LogP contribution in [0.25, 0.3) is 0 Å². The number of ether oxygens (including phenoxy) is 6. The summed E-state index contributed by atoms with van der Waals surface area (Å²) in [6.07, 6.45) is -7.18. The first-order valence-electron chi connectivity index (χ1n) is 12.4. The van der Waals surface area contributed by atoms with Crippen molar-refractivity contribution in [2.45, 2.75) is 83.6 Å². The first kappa shape index (κ1) is 33.5. The smallest absolute Gasteiger partial charge is 0.375 e. The second-order valence-electron chi connectivity index (χ2n) is 9.45. The lowest BCUT2D eigenvalue weighted by molar-refractivity contribution is -0.287. The van der Waals surface area contributed by atoms with Crippen molar-refractivity contribution in [1.29, 1.82) is 0 Å². The van der Waals surface area contributed by atoms with Crippen LogP contribution in [0, 0.1) is 5.92 Å². The van der Waals surface area contributed by atoms with Crippen LogP contribution < -0.4 is 5.32 Å². The molecule has 17 heteroatoms. The molecule has 2 unspecified atom stereocenters. The van der Waals surface area contributed by atoms with Gasteiger partial charge in [0.2, 0.25) is 5.91 Å². The Labute approximate surface area is 234 Å². The SMILES string of the molecule is COCc1cn(C2[C@@H](NC(=O)C(C)C)C([C@H](OC(C)=O)[C@@H](COC(C)=O)OC(C)=O)O[C@@](F)(C(=O)OC)[C@H]2F)nn1. The molecule has 1 aromatic heterocycles. The van der Waals surface area contributed by atoms with E-state index in [9.17, 15) is 24.0 Å². The Bertz CT molecular complexity index is 1120. The van der Waals surface area contributed by atoms with Crippen LogP contribution in [-0.4, -0.2) is 102 Å². The van der Waals surface area contributed by atoms with Gasteiger partial charge in [-0.3, -0.25) is 19.2 Å². The van der Waals surface area contributed by atoms with Gasteiger partial charge in [-0.15, -0.1) is 5.10 Å². The van der Waals surface area contributed by atoms with Gasteiger partial charge in [0.15, 0.2) is 18.4 Å². The molecule has 1 fully saturated rings. The molecule has 41 heavy (non-hydrogen) atoms. The molecule has 230 valence electrons. The molecule has 1 N–H and O–H groups in total. The summed E-state index contributed by atoms with van der Waals surface area (Å²) in [5.41, 5.74) is 0.184. The molecular weight excluding hydrogens is 558 g/mol. The highest BCUT2D eigenvalue weighted by molar-refractivity contribution is 5.80. The topological polar surface area (TPSA) is 183 Å². The van der Waals surface area contributed by atoms with Crippen LogP contribution in [0.4, 0.5) is 8.78 Å². The largest absolute Gasteiger partial charge is 0.465 e. The van der Waals surface area contributed by atoms with Gasteiger partial charge in [-0.05, 0) is 0 Å². The van der Waals surface area contributed by atoms with E-state index in [1.54, 1.807) is 0 Å². The predicted octanol–water partition coefficient (Wildman–Crippen LogP) is 0.109. The van der Waals surface area contributed by atoms with Crippen LogP contribution in [0.5, 0.6) is 0 Å². The fraction of sp³-hybridized carbons (Fsp3) is 0.708. The third-order valence-electron chi connectivity index (χ3n) is 5.90. The standard InChI is InChI=1S/C24H34F2N4O11/c1-11(2)22(34)27-17-18(30-8-15(9-36-6)28-29-30)21(25)24(26,23(35)37-7)41-20(17)19(40-14(5)33)16(39-13(4)32)10-38-12(3)31/h8,11,16-21H,9-10H2,1-7H3,(H,27,34)/t16-,17-,18?,19-,20?,21+,24-/m1/s1. The Hall–Kier alpha value is -3.73. The highest BCUT2D eigenvalue weighted by Gasteiger charge is 2.65. The summed E-state index contributed by atoms with van der Waals surface area (Å²) in [6.45, 7) is 5.24. The molecule has 0 aromatic carbocycles. The maximum absolute atomic E-state index is 16.3. The molecule has 2 heterocycles. The minimum Gasteiger partial charge on any atom is -0.465 e. The van der Waals surface area contributed by atoms with Gasteiger partial charge < -0.3 is 33.7 Å². The number of amides is 1. The van der Waals surface area contributed by atoms with E-state index in [1.807, 2.05) is 0 Å². The number of nitrogens with zero attached hydrogens (tertiary/aromatic N) is 3. The molecule has 0 radical (unpaired) electrons. The molecule has 0 aliphatic carbocycles. The summed E-state index contributed by atoms with van der Waals surface area (Å²) in [6, 6.07) is -3.52. The van der Waals surface area contributed by atoms with Gasteiger partial charge in [-0.2, -0.15) is 4.39 Å². The molecule has 1 amide bonds. The number of rotatable bonds is 12. The van der Waals surface area contributed by atoms with Crippen molar-refractivity contribution < 1.29 is 61.2 Å². The van der Waals surface area contributed by atoms with Gasteiger partial charge in [0.05, 0.1) is 26.0 Å². The number of carbonyl (C=O) groups is 5. The number of halogens is 2. The summed E-state index contributed by atoms with van der Waals surface area (Å²) >= 11 is 0. The van der Waals surface area contributed by atoms with E-state index in [4.69, 9.17) is 23.7 Å². The second-order valence-corrected chi connectivity index (χ2v) is 9.45. The Morgan fingerprint density at radius 3 is 2.24 bits per heavy atom. The fourth-order valence-corrected chi connectivity index (χ4v) is 4.13. The van der Waals surface area contributed by atoms with Crippen molar-refractivity contribution in [2.75, 3.05) is 20.8 Å². The van der Waals surface area contributed by atoms with Crippen LogP contribution in [0.2, 0.25) is 0 Å². The average Bonchev–Trinajstić information content (AvgIpc) is 3.34. The maximum atomic E-state index is 16.3. The highest BCUT2D eigenvalue weighted by atomic mass is 19.2. The first-order chi connectivity index (χ1) is 19.2. The number of esters is 4. The van der Waals surface area contributed by atoms with Gasteiger partial charge >= 0.3 is 29.7 Å². The van der Waals surface area contributed by atoms with Crippen molar-refractivity contribution in [1.82, 2.24) is 20.3 Å². The van der Waals surface area contributed by atoms with Crippen LogP contribution in [0.1, 0.15) is 46.4 Å². The summed E-state index contributed by atoms with van der Waals surface area (Å²) in [4.78, 5) is 61.2. The zero-order valence-electron chi connectivity index (χ0n) is 23.6. The molecule has 2 rings (SSSR count). The first-order valence-corrected chi connectivity index (χ1v) is 12.4. The van der Waals surface area contributed by atoms with Crippen molar-refractivity contribution in [2.24, 2.45) is 5.92 Å². The van der Waals surface area contributed by atoms with Gasteiger partial charge in [-0.1, -0.05) is 19.1 Å². The van der Waals surface area contributed by atoms with Crippen LogP contribution >= 0.6 is 0 Å². The summed E-state index contributed by atoms with van der Waals surface area (Å²) in [5, 5.41) is 10.2. The Morgan fingerprint density at radius 2 is 1.73 bits per heavy atom. The maximum Gasteiger partial charge on any atom is 0.375 e. The van der Waals surface area contributed by atoms with Crippen molar-refractivity contribution in [3.8, 4) is 0 Å². The lowest BCUT2D eigenvalue weighted by atomic mass is 9.85. The number of methoxy groups -OCH3 is 2. The molecule has 0 bridgehead atoms. The molecule has 0 saturated carbocycles. The van der Waals surface area contributed by atoms with E-state index >= 15 is 8.78 Å². The molecule has 1 aliphatic heterocycles. The minimum absolute atomic E-state index is 0.0720. The van der Waals surface area contributed by atoms with Gasteiger partial charge in [0.1, 0.15) is 24.4 Å². The van der Waals surface area contributed by atoms with E-state index in [-0.39, 0.29) is 12.3 Å². The number of hydrogen-bond donors (Lipinski definition) is 1. The summed E-state index contributed by atoms with van der Waals surface area (Å²) in [5.74, 6) is -9.76. The van der Waals surface area contributed by atoms with Crippen molar-refractivity contribution in [3.05, 3.63) is 11.9 Å². The lowest BCUT2D eigenvalue weighted by Crippen LogP contribution is -2.70. The third-order valence-corrected chi connectivity index (χ3v) is 5.90.